The Kier molecular flexibility index (Phi) is 4.22. The third-order valence-electron chi connectivity index (χ3n) is 2.98. The molecule has 0 aliphatic rings. The third kappa shape index (κ3) is 3.35. The predicted octanol–water partition coefficient (Wildman–Crippen LogP) is 3.30. The molecule has 1 amide bonds. The van der Waals surface area contributed by atoms with Crippen LogP contribution in [-0.2, 0) is 11.2 Å². The second-order valence-electron chi connectivity index (χ2n) is 4.35. The van der Waals surface area contributed by atoms with Crippen LogP contribution in [0, 0.1) is 0 Å². The summed E-state index contributed by atoms with van der Waals surface area (Å²) in [6.07, 6.45) is 4.13. The topological polar surface area (TPSA) is 46.9 Å². The number of carbonyl (C=O) groups excluding carboxylic acids is 1. The van der Waals surface area contributed by atoms with Crippen molar-refractivity contribution in [2.24, 2.45) is 0 Å². The van der Waals surface area contributed by atoms with E-state index in [0.717, 1.165) is 12.1 Å². The molecule has 1 N–H and O–H groups in total. The number of aryl methyl sites for hydroxylation is 1. The van der Waals surface area contributed by atoms with Crippen LogP contribution in [0.15, 0.2) is 36.7 Å². The highest BCUT2D eigenvalue weighted by Gasteiger charge is 2.15. The van der Waals surface area contributed by atoms with Gasteiger partial charge >= 0.3 is 0 Å². The Labute approximate surface area is 117 Å². The van der Waals surface area contributed by atoms with E-state index in [2.05, 4.69) is 17.3 Å². The second-order valence-corrected chi connectivity index (χ2v) is 4.79. The van der Waals surface area contributed by atoms with Gasteiger partial charge < -0.3 is 5.32 Å². The largest absolute Gasteiger partial charge is 0.324 e. The van der Waals surface area contributed by atoms with Crippen molar-refractivity contribution in [1.82, 2.24) is 9.78 Å². The first-order chi connectivity index (χ1) is 9.10. The maximum atomic E-state index is 12.1. The van der Waals surface area contributed by atoms with Crippen LogP contribution in [-0.4, -0.2) is 15.7 Å². The number of benzene rings is 1. The number of anilines is 1. The summed E-state index contributed by atoms with van der Waals surface area (Å²) in [5.74, 6) is -0.121. The molecule has 1 atom stereocenters. The third-order valence-corrected chi connectivity index (χ3v) is 3.17. The summed E-state index contributed by atoms with van der Waals surface area (Å²) in [4.78, 5) is 12.1. The van der Waals surface area contributed by atoms with Gasteiger partial charge in [-0.1, -0.05) is 30.7 Å². The number of hydrogen-bond acceptors (Lipinski definition) is 2. The number of halogens is 1. The van der Waals surface area contributed by atoms with Crippen molar-refractivity contribution in [2.45, 2.75) is 26.3 Å². The van der Waals surface area contributed by atoms with Gasteiger partial charge in [-0.25, -0.2) is 0 Å². The molecule has 1 heterocycles. The number of carbonyl (C=O) groups is 1. The Balaban J connectivity index is 2.03. The molecule has 2 rings (SSSR count). The van der Waals surface area contributed by atoms with Crippen molar-refractivity contribution < 1.29 is 4.79 Å². The first-order valence-electron chi connectivity index (χ1n) is 6.19. The minimum Gasteiger partial charge on any atom is -0.324 e. The van der Waals surface area contributed by atoms with Crippen molar-refractivity contribution in [2.75, 3.05) is 5.32 Å². The molecular formula is C14H16ClN3O. The monoisotopic (exact) mass is 277 g/mol. The van der Waals surface area contributed by atoms with Crippen molar-refractivity contribution in [3.05, 3.63) is 47.2 Å². The minimum atomic E-state index is -0.404. The molecule has 0 saturated heterocycles. The molecule has 0 bridgehead atoms. The second kappa shape index (κ2) is 5.89. The number of nitrogens with zero attached hydrogens (tertiary/aromatic N) is 2. The zero-order valence-corrected chi connectivity index (χ0v) is 11.7. The SMILES string of the molecule is CCc1ccc(NC(=O)C(C)n2cc(Cl)cn2)cc1. The summed E-state index contributed by atoms with van der Waals surface area (Å²) in [6, 6.07) is 7.41. The van der Waals surface area contributed by atoms with Crippen molar-refractivity contribution in [3.8, 4) is 0 Å². The van der Waals surface area contributed by atoms with Gasteiger partial charge in [0.25, 0.3) is 0 Å². The van der Waals surface area contributed by atoms with Crippen molar-refractivity contribution >= 4 is 23.2 Å². The molecule has 5 heteroatoms. The molecular weight excluding hydrogens is 262 g/mol. The quantitative estimate of drug-likeness (QED) is 0.932. The van der Waals surface area contributed by atoms with Gasteiger partial charge in [-0.2, -0.15) is 5.10 Å². The van der Waals surface area contributed by atoms with E-state index in [1.807, 2.05) is 24.3 Å². The molecule has 100 valence electrons. The molecule has 2 aromatic rings. The van der Waals surface area contributed by atoms with Crippen LogP contribution in [0.2, 0.25) is 5.02 Å². The highest BCUT2D eigenvalue weighted by atomic mass is 35.5. The van der Waals surface area contributed by atoms with Gasteiger partial charge in [0.15, 0.2) is 0 Å². The molecule has 0 aliphatic carbocycles. The summed E-state index contributed by atoms with van der Waals surface area (Å²) in [5, 5.41) is 7.41. The number of rotatable bonds is 4. The fourth-order valence-electron chi connectivity index (χ4n) is 1.72. The molecule has 0 spiro atoms. The zero-order chi connectivity index (χ0) is 13.8. The molecule has 1 aromatic heterocycles. The van der Waals surface area contributed by atoms with E-state index in [-0.39, 0.29) is 5.91 Å². The Bertz CT molecular complexity index is 562. The van der Waals surface area contributed by atoms with E-state index in [1.54, 1.807) is 13.1 Å². The Morgan fingerprint density at radius 3 is 2.63 bits per heavy atom. The highest BCUT2D eigenvalue weighted by Crippen LogP contribution is 2.15. The van der Waals surface area contributed by atoms with E-state index in [4.69, 9.17) is 11.6 Å². The van der Waals surface area contributed by atoms with Crippen LogP contribution < -0.4 is 5.32 Å². The molecule has 19 heavy (non-hydrogen) atoms. The maximum absolute atomic E-state index is 12.1. The number of amides is 1. The predicted molar refractivity (Wildman–Crippen MR) is 76.4 cm³/mol. The first-order valence-corrected chi connectivity index (χ1v) is 6.57. The molecule has 0 radical (unpaired) electrons. The fraction of sp³-hybridized carbons (Fsp3) is 0.286. The van der Waals surface area contributed by atoms with Gasteiger partial charge in [0.05, 0.1) is 11.2 Å². The standard InChI is InChI=1S/C14H16ClN3O/c1-3-11-4-6-13(7-5-11)17-14(19)10(2)18-9-12(15)8-16-18/h4-10H,3H2,1-2H3,(H,17,19). The van der Waals surface area contributed by atoms with Gasteiger partial charge in [0, 0.05) is 11.9 Å². The lowest BCUT2D eigenvalue weighted by Gasteiger charge is -2.12. The fourth-order valence-corrected chi connectivity index (χ4v) is 1.86. The van der Waals surface area contributed by atoms with E-state index in [9.17, 15) is 4.79 Å². The van der Waals surface area contributed by atoms with E-state index < -0.39 is 6.04 Å². The molecule has 0 saturated carbocycles. The summed E-state index contributed by atoms with van der Waals surface area (Å²) in [5.41, 5.74) is 2.03. The normalized spacial score (nSPS) is 12.2. The van der Waals surface area contributed by atoms with Gasteiger partial charge in [-0.15, -0.1) is 0 Å². The van der Waals surface area contributed by atoms with Gasteiger partial charge in [-0.3, -0.25) is 9.48 Å². The smallest absolute Gasteiger partial charge is 0.248 e. The average molecular weight is 278 g/mol. The molecule has 4 nitrogen and oxygen atoms in total. The number of aromatic nitrogens is 2. The lowest BCUT2D eigenvalue weighted by atomic mass is 10.1. The lowest BCUT2D eigenvalue weighted by molar-refractivity contribution is -0.119. The van der Waals surface area contributed by atoms with Crippen LogP contribution in [0.5, 0.6) is 0 Å². The molecule has 0 fully saturated rings. The van der Waals surface area contributed by atoms with Crippen molar-refractivity contribution in [1.29, 1.82) is 0 Å². The molecule has 1 aromatic carbocycles. The van der Waals surface area contributed by atoms with Crippen LogP contribution in [0.3, 0.4) is 0 Å². The van der Waals surface area contributed by atoms with E-state index in [0.29, 0.717) is 5.02 Å². The van der Waals surface area contributed by atoms with Gasteiger partial charge in [0.2, 0.25) is 5.91 Å². The number of hydrogen-bond donors (Lipinski definition) is 1. The lowest BCUT2D eigenvalue weighted by Crippen LogP contribution is -2.23. The van der Waals surface area contributed by atoms with Crippen LogP contribution in [0.4, 0.5) is 5.69 Å². The molecule has 0 aliphatic heterocycles. The Morgan fingerprint density at radius 2 is 2.11 bits per heavy atom. The van der Waals surface area contributed by atoms with Crippen LogP contribution in [0.25, 0.3) is 0 Å². The minimum absolute atomic E-state index is 0.121. The van der Waals surface area contributed by atoms with Gasteiger partial charge in [-0.05, 0) is 31.0 Å². The summed E-state index contributed by atoms with van der Waals surface area (Å²) in [7, 11) is 0. The van der Waals surface area contributed by atoms with Crippen LogP contribution >= 0.6 is 11.6 Å². The maximum Gasteiger partial charge on any atom is 0.248 e. The first kappa shape index (κ1) is 13.6. The van der Waals surface area contributed by atoms with Gasteiger partial charge in [0.1, 0.15) is 6.04 Å². The Morgan fingerprint density at radius 1 is 1.42 bits per heavy atom. The highest BCUT2D eigenvalue weighted by molar-refractivity contribution is 6.30. The van der Waals surface area contributed by atoms with E-state index >= 15 is 0 Å². The van der Waals surface area contributed by atoms with Crippen molar-refractivity contribution in [3.63, 3.8) is 0 Å². The number of nitrogens with one attached hydrogen (secondary N) is 1. The Hall–Kier alpha value is -1.81. The summed E-state index contributed by atoms with van der Waals surface area (Å²) in [6.45, 7) is 3.87. The molecule has 1 unspecified atom stereocenters. The summed E-state index contributed by atoms with van der Waals surface area (Å²) >= 11 is 5.79. The zero-order valence-electron chi connectivity index (χ0n) is 10.9. The van der Waals surface area contributed by atoms with E-state index in [1.165, 1.54) is 16.4 Å². The van der Waals surface area contributed by atoms with Crippen LogP contribution in [0.1, 0.15) is 25.5 Å². The average Bonchev–Trinajstić information content (AvgIpc) is 2.85. The summed E-state index contributed by atoms with van der Waals surface area (Å²) < 4.78 is 1.54.